The lowest BCUT2D eigenvalue weighted by atomic mass is 9.90. The number of nitriles is 1. The number of anilines is 2. The molecule has 1 aromatic carbocycles. The molecule has 0 atom stereocenters. The van der Waals surface area contributed by atoms with E-state index < -0.39 is 11.5 Å². The molecule has 0 bridgehead atoms. The number of aryl methyl sites for hydroxylation is 1. The monoisotopic (exact) mass is 507 g/mol. The number of hydrogen-bond acceptors (Lipinski definition) is 8. The molecule has 0 fully saturated rings. The first kappa shape index (κ1) is 25.9. The Hall–Kier alpha value is -5.17. The molecule has 0 spiro atoms. The van der Waals surface area contributed by atoms with Gasteiger partial charge in [0.25, 0.3) is 5.91 Å². The van der Waals surface area contributed by atoms with Crippen LogP contribution in [-0.4, -0.2) is 39.0 Å². The molecule has 10 heteroatoms. The van der Waals surface area contributed by atoms with E-state index in [2.05, 4.69) is 41.4 Å². The van der Waals surface area contributed by atoms with Crippen molar-refractivity contribution in [1.29, 1.82) is 5.26 Å². The topological polar surface area (TPSA) is 143 Å². The third-order valence-corrected chi connectivity index (χ3v) is 5.85. The fraction of sp³-hybridized carbons (Fsp3) is 0.179. The summed E-state index contributed by atoms with van der Waals surface area (Å²) in [4.78, 5) is 41.5. The van der Waals surface area contributed by atoms with Gasteiger partial charge in [0.15, 0.2) is 0 Å². The van der Waals surface area contributed by atoms with Gasteiger partial charge in [0, 0.05) is 29.7 Å². The molecule has 3 aromatic heterocycles. The molecule has 0 aliphatic heterocycles. The normalized spacial score (nSPS) is 10.8. The fourth-order valence-electron chi connectivity index (χ4n) is 3.64. The second-order valence-corrected chi connectivity index (χ2v) is 8.99. The summed E-state index contributed by atoms with van der Waals surface area (Å²) in [7, 11) is 1.27. The van der Waals surface area contributed by atoms with Crippen molar-refractivity contribution in [3.8, 4) is 28.6 Å². The Labute approximate surface area is 219 Å². The number of nitrogens with one attached hydrogen (secondary N) is 2. The second kappa shape index (κ2) is 10.8. The number of pyridine rings is 2. The highest BCUT2D eigenvalue weighted by Gasteiger charge is 2.22. The zero-order chi connectivity index (χ0) is 27.3. The number of aromatic nitrogens is 4. The van der Waals surface area contributed by atoms with E-state index in [-0.39, 0.29) is 11.7 Å². The lowest BCUT2D eigenvalue weighted by Crippen LogP contribution is -2.18. The molecule has 0 unspecified atom stereocenters. The molecule has 4 aromatic rings. The highest BCUT2D eigenvalue weighted by atomic mass is 16.5. The molecular formula is C28H25N7O3. The Morgan fingerprint density at radius 3 is 2.45 bits per heavy atom. The first-order valence-corrected chi connectivity index (χ1v) is 11.6. The van der Waals surface area contributed by atoms with Gasteiger partial charge in [0.1, 0.15) is 12.1 Å². The molecule has 0 aliphatic carbocycles. The smallest absolute Gasteiger partial charge is 0.412 e. The Morgan fingerprint density at radius 1 is 0.921 bits per heavy atom. The predicted molar refractivity (Wildman–Crippen MR) is 142 cm³/mol. The van der Waals surface area contributed by atoms with Crippen molar-refractivity contribution in [2.45, 2.75) is 26.2 Å². The largest absolute Gasteiger partial charge is 0.453 e. The van der Waals surface area contributed by atoms with E-state index >= 15 is 0 Å². The van der Waals surface area contributed by atoms with E-state index in [1.54, 1.807) is 38.2 Å². The number of nitrogens with zero attached hydrogens (tertiary/aromatic N) is 5. The number of carbonyl (C=O) groups is 2. The molecule has 10 nitrogen and oxygen atoms in total. The molecule has 3 heterocycles. The minimum Gasteiger partial charge on any atom is -0.453 e. The molecular weight excluding hydrogens is 482 g/mol. The second-order valence-electron chi connectivity index (χ2n) is 8.99. The summed E-state index contributed by atoms with van der Waals surface area (Å²) in [5, 5.41) is 14.8. The summed E-state index contributed by atoms with van der Waals surface area (Å²) in [5.41, 5.74) is 4.59. The summed E-state index contributed by atoms with van der Waals surface area (Å²) >= 11 is 0. The van der Waals surface area contributed by atoms with Gasteiger partial charge < -0.3 is 10.1 Å². The van der Waals surface area contributed by atoms with Crippen LogP contribution in [0.5, 0.6) is 0 Å². The summed E-state index contributed by atoms with van der Waals surface area (Å²) < 4.78 is 4.61. The highest BCUT2D eigenvalue weighted by Crippen LogP contribution is 2.29. The standard InChI is InChI=1S/C28H25N7O3/c1-17-5-6-20(34-26(36)19-8-10-31-24(12-19)28(2,3)15-29)13-21(17)18-7-9-30-22(11-18)23-14-25(33-16-32-23)35-27(37)38-4/h5-14,16H,1-4H3,(H,34,36)(H,32,33,35,37). The summed E-state index contributed by atoms with van der Waals surface area (Å²) in [6.07, 6.45) is 3.89. The number of methoxy groups -OCH3 is 1. The van der Waals surface area contributed by atoms with E-state index in [0.717, 1.165) is 16.7 Å². The zero-order valence-corrected chi connectivity index (χ0v) is 21.3. The molecule has 2 amide bonds. The van der Waals surface area contributed by atoms with Crippen LogP contribution < -0.4 is 10.6 Å². The van der Waals surface area contributed by atoms with E-state index in [1.807, 2.05) is 37.3 Å². The minimum atomic E-state index is -0.813. The quantitative estimate of drug-likeness (QED) is 0.365. The Kier molecular flexibility index (Phi) is 7.39. The van der Waals surface area contributed by atoms with Gasteiger partial charge in [-0.25, -0.2) is 14.8 Å². The van der Waals surface area contributed by atoms with Crippen LogP contribution in [0.15, 0.2) is 67.3 Å². The predicted octanol–water partition coefficient (Wildman–Crippen LogP) is 5.14. The summed E-state index contributed by atoms with van der Waals surface area (Å²) in [6, 6.07) is 16.4. The lowest BCUT2D eigenvalue weighted by Gasteiger charge is -2.15. The first-order chi connectivity index (χ1) is 18.2. The maximum Gasteiger partial charge on any atom is 0.412 e. The molecule has 4 rings (SSSR count). The van der Waals surface area contributed by atoms with Gasteiger partial charge in [-0.15, -0.1) is 0 Å². The number of amides is 2. The van der Waals surface area contributed by atoms with Gasteiger partial charge in [-0.3, -0.25) is 20.1 Å². The van der Waals surface area contributed by atoms with E-state index in [0.29, 0.717) is 28.3 Å². The Balaban J connectivity index is 1.60. The van der Waals surface area contributed by atoms with Crippen LogP contribution in [0.4, 0.5) is 16.3 Å². The van der Waals surface area contributed by atoms with Crippen molar-refractivity contribution in [2.24, 2.45) is 0 Å². The van der Waals surface area contributed by atoms with Crippen LogP contribution in [0, 0.1) is 18.3 Å². The third kappa shape index (κ3) is 5.79. The summed E-state index contributed by atoms with van der Waals surface area (Å²) in [6.45, 7) is 5.48. The molecule has 190 valence electrons. The maximum atomic E-state index is 13.0. The molecule has 2 N–H and O–H groups in total. The van der Waals surface area contributed by atoms with Gasteiger partial charge >= 0.3 is 6.09 Å². The summed E-state index contributed by atoms with van der Waals surface area (Å²) in [5.74, 6) is -0.0217. The molecule has 0 saturated heterocycles. The minimum absolute atomic E-state index is 0.285. The van der Waals surface area contributed by atoms with Crippen molar-refractivity contribution in [3.63, 3.8) is 0 Å². The zero-order valence-electron chi connectivity index (χ0n) is 21.3. The van der Waals surface area contributed by atoms with Crippen LogP contribution in [0.2, 0.25) is 0 Å². The van der Waals surface area contributed by atoms with Crippen LogP contribution in [0.25, 0.3) is 22.5 Å². The van der Waals surface area contributed by atoms with Gasteiger partial charge in [-0.1, -0.05) is 6.07 Å². The highest BCUT2D eigenvalue weighted by molar-refractivity contribution is 6.04. The SMILES string of the molecule is COC(=O)Nc1cc(-c2cc(-c3cc(NC(=O)c4ccnc(C(C)(C)C#N)c4)ccc3C)ccn2)ncn1. The van der Waals surface area contributed by atoms with Gasteiger partial charge in [0.2, 0.25) is 0 Å². The molecule has 0 aliphatic rings. The number of carbonyl (C=O) groups excluding carboxylic acids is 2. The number of hydrogen-bond donors (Lipinski definition) is 2. The van der Waals surface area contributed by atoms with E-state index in [4.69, 9.17) is 0 Å². The van der Waals surface area contributed by atoms with Crippen LogP contribution >= 0.6 is 0 Å². The first-order valence-electron chi connectivity index (χ1n) is 11.6. The molecule has 0 radical (unpaired) electrons. The molecule has 0 saturated carbocycles. The van der Waals surface area contributed by atoms with Crippen molar-refractivity contribution in [1.82, 2.24) is 19.9 Å². The number of rotatable bonds is 6. The van der Waals surface area contributed by atoms with Crippen LogP contribution in [0.3, 0.4) is 0 Å². The van der Waals surface area contributed by atoms with Gasteiger partial charge in [0.05, 0.1) is 35.7 Å². The lowest BCUT2D eigenvalue weighted by molar-refractivity contribution is 0.102. The van der Waals surface area contributed by atoms with Crippen molar-refractivity contribution in [2.75, 3.05) is 17.7 Å². The van der Waals surface area contributed by atoms with Crippen molar-refractivity contribution >= 4 is 23.5 Å². The number of ether oxygens (including phenoxy) is 1. The van der Waals surface area contributed by atoms with Gasteiger partial charge in [-0.2, -0.15) is 5.26 Å². The van der Waals surface area contributed by atoms with E-state index in [9.17, 15) is 14.9 Å². The maximum absolute atomic E-state index is 13.0. The molecule has 38 heavy (non-hydrogen) atoms. The van der Waals surface area contributed by atoms with E-state index in [1.165, 1.54) is 19.6 Å². The number of benzene rings is 1. The third-order valence-electron chi connectivity index (χ3n) is 5.85. The van der Waals surface area contributed by atoms with Gasteiger partial charge in [-0.05, 0) is 73.9 Å². The average molecular weight is 508 g/mol. The average Bonchev–Trinajstić information content (AvgIpc) is 2.94. The Bertz CT molecular complexity index is 1560. The van der Waals surface area contributed by atoms with Crippen molar-refractivity contribution in [3.05, 3.63) is 84.1 Å². The van der Waals surface area contributed by atoms with Crippen LogP contribution in [-0.2, 0) is 10.2 Å². The van der Waals surface area contributed by atoms with Crippen molar-refractivity contribution < 1.29 is 14.3 Å². The Morgan fingerprint density at radius 2 is 1.68 bits per heavy atom. The van der Waals surface area contributed by atoms with Crippen LogP contribution in [0.1, 0.15) is 35.5 Å². The fourth-order valence-corrected chi connectivity index (χ4v) is 3.64.